The van der Waals surface area contributed by atoms with Gasteiger partial charge in [-0.1, -0.05) is 18.2 Å². The molecule has 0 aliphatic rings. The van der Waals surface area contributed by atoms with Gasteiger partial charge in [-0.05, 0) is 49.2 Å². The zero-order valence-corrected chi connectivity index (χ0v) is 15.5. The number of hydrogen-bond acceptors (Lipinski definition) is 5. The van der Waals surface area contributed by atoms with E-state index >= 15 is 0 Å². The molecule has 0 unspecified atom stereocenters. The first-order valence-corrected chi connectivity index (χ1v) is 9.07. The summed E-state index contributed by atoms with van der Waals surface area (Å²) < 4.78 is 5.17. The summed E-state index contributed by atoms with van der Waals surface area (Å²) in [5, 5.41) is 13.2. The second-order valence-electron chi connectivity index (χ2n) is 5.83. The number of ether oxygens (including phenoxy) is 1. The summed E-state index contributed by atoms with van der Waals surface area (Å²) >= 11 is 1.45. The average Bonchev–Trinajstić information content (AvgIpc) is 3.01. The van der Waals surface area contributed by atoms with Crippen LogP contribution in [-0.2, 0) is 11.2 Å². The maximum Gasteiger partial charge on any atom is 0.226 e. The molecular formula is C20H20N2O3S. The Bertz CT molecular complexity index is 904. The summed E-state index contributed by atoms with van der Waals surface area (Å²) in [5.41, 5.74) is 2.60. The second kappa shape index (κ2) is 8.01. The molecule has 0 aliphatic carbocycles. The number of benzene rings is 2. The number of anilines is 1. The van der Waals surface area contributed by atoms with Crippen molar-refractivity contribution in [2.45, 2.75) is 19.8 Å². The summed E-state index contributed by atoms with van der Waals surface area (Å²) in [6, 6.07) is 14.7. The highest BCUT2D eigenvalue weighted by Gasteiger charge is 2.13. The van der Waals surface area contributed by atoms with Crippen molar-refractivity contribution < 1.29 is 14.6 Å². The fourth-order valence-corrected chi connectivity index (χ4v) is 3.47. The molecule has 26 heavy (non-hydrogen) atoms. The monoisotopic (exact) mass is 368 g/mol. The molecule has 0 radical (unpaired) electrons. The predicted molar refractivity (Wildman–Crippen MR) is 104 cm³/mol. The van der Waals surface area contributed by atoms with Gasteiger partial charge in [0.15, 0.2) is 5.13 Å². The van der Waals surface area contributed by atoms with E-state index in [2.05, 4.69) is 10.3 Å². The molecule has 0 aliphatic heterocycles. The number of aromatic nitrogens is 1. The maximum absolute atomic E-state index is 12.2. The standard InChI is InChI=1S/C20H20N2O3S/c1-13-19(15-7-10-16(25-2)11-8-15)22-20(26-13)21-18(24)12-9-14-5-3-4-6-17(14)23/h3-8,10-11,23H,9,12H2,1-2H3,(H,21,22,24). The lowest BCUT2D eigenvalue weighted by Crippen LogP contribution is -2.12. The summed E-state index contributed by atoms with van der Waals surface area (Å²) in [4.78, 5) is 17.8. The Morgan fingerprint density at radius 1 is 1.19 bits per heavy atom. The SMILES string of the molecule is COc1ccc(-c2nc(NC(=O)CCc3ccccc3O)sc2C)cc1. The number of amides is 1. The number of aromatic hydroxyl groups is 1. The minimum absolute atomic E-state index is 0.122. The number of para-hydroxylation sites is 1. The quantitative estimate of drug-likeness (QED) is 0.676. The van der Waals surface area contributed by atoms with Crippen molar-refractivity contribution in [2.75, 3.05) is 12.4 Å². The Labute approximate surface area is 156 Å². The van der Waals surface area contributed by atoms with Crippen molar-refractivity contribution in [1.29, 1.82) is 0 Å². The Balaban J connectivity index is 1.65. The van der Waals surface area contributed by atoms with Crippen LogP contribution in [0.15, 0.2) is 48.5 Å². The molecule has 1 heterocycles. The van der Waals surface area contributed by atoms with Gasteiger partial charge in [-0.2, -0.15) is 0 Å². The molecule has 1 aromatic heterocycles. The van der Waals surface area contributed by atoms with E-state index in [0.29, 0.717) is 11.6 Å². The zero-order valence-electron chi connectivity index (χ0n) is 14.7. The van der Waals surface area contributed by atoms with Crippen LogP contribution in [0, 0.1) is 6.92 Å². The van der Waals surface area contributed by atoms with Crippen molar-refractivity contribution in [3.8, 4) is 22.8 Å². The molecule has 1 amide bonds. The van der Waals surface area contributed by atoms with Gasteiger partial charge < -0.3 is 15.2 Å². The minimum Gasteiger partial charge on any atom is -0.508 e. The largest absolute Gasteiger partial charge is 0.508 e. The number of nitrogens with one attached hydrogen (secondary N) is 1. The van der Waals surface area contributed by atoms with Gasteiger partial charge in [0, 0.05) is 16.9 Å². The summed E-state index contributed by atoms with van der Waals surface area (Å²) in [6.07, 6.45) is 0.766. The molecule has 3 aromatic rings. The van der Waals surface area contributed by atoms with Crippen LogP contribution in [0.3, 0.4) is 0 Å². The number of phenols is 1. The smallest absolute Gasteiger partial charge is 0.226 e. The van der Waals surface area contributed by atoms with Crippen LogP contribution in [0.5, 0.6) is 11.5 Å². The van der Waals surface area contributed by atoms with E-state index in [1.165, 1.54) is 11.3 Å². The number of rotatable bonds is 6. The van der Waals surface area contributed by atoms with Gasteiger partial charge in [0.2, 0.25) is 5.91 Å². The predicted octanol–water partition coefficient (Wildman–Crippen LogP) is 4.40. The van der Waals surface area contributed by atoms with E-state index in [1.54, 1.807) is 19.2 Å². The lowest BCUT2D eigenvalue weighted by Gasteiger charge is -2.04. The molecule has 0 saturated carbocycles. The number of hydrogen-bond donors (Lipinski definition) is 2. The highest BCUT2D eigenvalue weighted by atomic mass is 32.1. The first-order chi connectivity index (χ1) is 12.6. The Morgan fingerprint density at radius 2 is 1.92 bits per heavy atom. The number of carbonyl (C=O) groups is 1. The van der Waals surface area contributed by atoms with Gasteiger partial charge in [0.1, 0.15) is 11.5 Å². The van der Waals surface area contributed by atoms with Crippen LogP contribution >= 0.6 is 11.3 Å². The fourth-order valence-electron chi connectivity index (χ4n) is 2.62. The molecule has 0 saturated heterocycles. The van der Waals surface area contributed by atoms with Crippen molar-refractivity contribution >= 4 is 22.4 Å². The molecule has 3 rings (SSSR count). The number of nitrogens with zero attached hydrogens (tertiary/aromatic N) is 1. The van der Waals surface area contributed by atoms with Crippen molar-refractivity contribution in [3.63, 3.8) is 0 Å². The average molecular weight is 368 g/mol. The number of thiazole rings is 1. The molecule has 5 nitrogen and oxygen atoms in total. The van der Waals surface area contributed by atoms with E-state index in [9.17, 15) is 9.90 Å². The normalized spacial score (nSPS) is 10.5. The van der Waals surface area contributed by atoms with Crippen LogP contribution in [-0.4, -0.2) is 23.1 Å². The van der Waals surface area contributed by atoms with Crippen molar-refractivity contribution in [1.82, 2.24) is 4.98 Å². The topological polar surface area (TPSA) is 71.5 Å². The highest BCUT2D eigenvalue weighted by molar-refractivity contribution is 7.16. The van der Waals surface area contributed by atoms with E-state index in [0.717, 1.165) is 27.4 Å². The Morgan fingerprint density at radius 3 is 2.62 bits per heavy atom. The van der Waals surface area contributed by atoms with Crippen molar-refractivity contribution in [3.05, 3.63) is 59.0 Å². The lowest BCUT2D eigenvalue weighted by molar-refractivity contribution is -0.116. The van der Waals surface area contributed by atoms with E-state index in [4.69, 9.17) is 4.74 Å². The number of aryl methyl sites for hydroxylation is 2. The molecule has 134 valence electrons. The summed E-state index contributed by atoms with van der Waals surface area (Å²) in [7, 11) is 1.63. The Hall–Kier alpha value is -2.86. The zero-order chi connectivity index (χ0) is 18.5. The van der Waals surface area contributed by atoms with Gasteiger partial charge in [0.05, 0.1) is 12.8 Å². The number of phenolic OH excluding ortho intramolecular Hbond substituents is 1. The van der Waals surface area contributed by atoms with Gasteiger partial charge in [-0.15, -0.1) is 11.3 Å². The van der Waals surface area contributed by atoms with Gasteiger partial charge in [0.25, 0.3) is 0 Å². The summed E-state index contributed by atoms with van der Waals surface area (Å²) in [5.74, 6) is 0.884. The molecule has 0 fully saturated rings. The van der Waals surface area contributed by atoms with E-state index < -0.39 is 0 Å². The summed E-state index contributed by atoms with van der Waals surface area (Å²) in [6.45, 7) is 1.98. The molecule has 0 spiro atoms. The third-order valence-electron chi connectivity index (χ3n) is 4.02. The van der Waals surface area contributed by atoms with Gasteiger partial charge in [-0.3, -0.25) is 4.79 Å². The third-order valence-corrected chi connectivity index (χ3v) is 4.91. The number of methoxy groups -OCH3 is 1. The molecule has 0 atom stereocenters. The number of carbonyl (C=O) groups excluding carboxylic acids is 1. The molecule has 6 heteroatoms. The Kier molecular flexibility index (Phi) is 5.53. The molecule has 2 aromatic carbocycles. The lowest BCUT2D eigenvalue weighted by atomic mass is 10.1. The van der Waals surface area contributed by atoms with E-state index in [1.807, 2.05) is 43.3 Å². The third kappa shape index (κ3) is 4.21. The molecule has 2 N–H and O–H groups in total. The molecular weight excluding hydrogens is 348 g/mol. The van der Waals surface area contributed by atoms with Crippen molar-refractivity contribution in [2.24, 2.45) is 0 Å². The van der Waals surface area contributed by atoms with Crippen LogP contribution in [0.2, 0.25) is 0 Å². The second-order valence-corrected chi connectivity index (χ2v) is 7.03. The first kappa shape index (κ1) is 17.9. The van der Waals surface area contributed by atoms with Crippen LogP contribution in [0.1, 0.15) is 16.9 Å². The van der Waals surface area contributed by atoms with Gasteiger partial charge in [-0.25, -0.2) is 4.98 Å². The van der Waals surface area contributed by atoms with Crippen LogP contribution in [0.4, 0.5) is 5.13 Å². The van der Waals surface area contributed by atoms with E-state index in [-0.39, 0.29) is 18.1 Å². The van der Waals surface area contributed by atoms with Crippen LogP contribution < -0.4 is 10.1 Å². The van der Waals surface area contributed by atoms with Crippen LogP contribution in [0.25, 0.3) is 11.3 Å². The fraction of sp³-hybridized carbons (Fsp3) is 0.200. The van der Waals surface area contributed by atoms with Gasteiger partial charge >= 0.3 is 0 Å². The molecule has 0 bridgehead atoms. The first-order valence-electron chi connectivity index (χ1n) is 8.25. The highest BCUT2D eigenvalue weighted by Crippen LogP contribution is 2.31. The minimum atomic E-state index is -0.122. The maximum atomic E-state index is 12.2.